The first-order valence-corrected chi connectivity index (χ1v) is 3.87. The van der Waals surface area contributed by atoms with Crippen LogP contribution in [0.15, 0.2) is 0 Å². The van der Waals surface area contributed by atoms with Crippen molar-refractivity contribution in [3.05, 3.63) is 5.92 Å². The smallest absolute Gasteiger partial charge is 0.0244 e. The summed E-state index contributed by atoms with van der Waals surface area (Å²) in [5.41, 5.74) is 0.500. The van der Waals surface area contributed by atoms with E-state index in [1.165, 1.54) is 12.8 Å². The zero-order valence-electron chi connectivity index (χ0n) is 7.41. The summed E-state index contributed by atoms with van der Waals surface area (Å²) in [6, 6.07) is 0. The molecule has 0 amide bonds. The Morgan fingerprint density at radius 2 is 1.44 bits per heavy atom. The molecule has 0 aliphatic heterocycles. The quantitative estimate of drug-likeness (QED) is 0.545. The van der Waals surface area contributed by atoms with Gasteiger partial charge < -0.3 is 0 Å². The fourth-order valence-electron chi connectivity index (χ4n) is 0.957. The van der Waals surface area contributed by atoms with Crippen molar-refractivity contribution in [1.29, 1.82) is 0 Å². The summed E-state index contributed by atoms with van der Waals surface area (Å²) in [5, 5.41) is 0. The van der Waals surface area contributed by atoms with Crippen molar-refractivity contribution >= 4 is 0 Å². The summed E-state index contributed by atoms with van der Waals surface area (Å²) in [6.45, 7) is 11.3. The Morgan fingerprint density at radius 1 is 1.11 bits per heavy atom. The first-order chi connectivity index (χ1) is 4.06. The third-order valence-corrected chi connectivity index (χ3v) is 2.77. The predicted molar refractivity (Wildman–Crippen MR) is 43.3 cm³/mol. The highest BCUT2D eigenvalue weighted by Gasteiger charge is 2.23. The summed E-state index contributed by atoms with van der Waals surface area (Å²) >= 11 is 0. The van der Waals surface area contributed by atoms with Crippen LogP contribution in [0.2, 0.25) is 0 Å². The van der Waals surface area contributed by atoms with Crippen LogP contribution in [-0.2, 0) is 0 Å². The first kappa shape index (κ1) is 9.00. The van der Waals surface area contributed by atoms with Crippen LogP contribution in [-0.4, -0.2) is 0 Å². The molecule has 0 aliphatic rings. The first-order valence-electron chi connectivity index (χ1n) is 3.87. The zero-order valence-corrected chi connectivity index (χ0v) is 7.41. The topological polar surface area (TPSA) is 0 Å². The predicted octanol–water partition coefficient (Wildman–Crippen LogP) is 3.43. The maximum Gasteiger partial charge on any atom is -0.0244 e. The van der Waals surface area contributed by atoms with E-state index in [9.17, 15) is 0 Å². The lowest BCUT2D eigenvalue weighted by Crippen LogP contribution is -2.19. The summed E-state index contributed by atoms with van der Waals surface area (Å²) in [4.78, 5) is 0. The van der Waals surface area contributed by atoms with Crippen molar-refractivity contribution in [2.24, 2.45) is 5.41 Å². The Hall–Kier alpha value is 0. The molecular formula is C9H19. The van der Waals surface area contributed by atoms with E-state index in [0.29, 0.717) is 5.41 Å². The van der Waals surface area contributed by atoms with E-state index < -0.39 is 0 Å². The van der Waals surface area contributed by atoms with Gasteiger partial charge in [-0.2, -0.15) is 0 Å². The van der Waals surface area contributed by atoms with Crippen molar-refractivity contribution in [2.75, 3.05) is 0 Å². The van der Waals surface area contributed by atoms with E-state index in [1.807, 2.05) is 0 Å². The molecule has 0 atom stereocenters. The van der Waals surface area contributed by atoms with E-state index >= 15 is 0 Å². The third kappa shape index (κ3) is 2.00. The fraction of sp³-hybridized carbons (Fsp3) is 0.889. The molecule has 55 valence electrons. The van der Waals surface area contributed by atoms with Crippen molar-refractivity contribution in [3.63, 3.8) is 0 Å². The molecule has 0 spiro atoms. The lowest BCUT2D eigenvalue weighted by atomic mass is 9.75. The molecule has 0 saturated heterocycles. The largest absolute Gasteiger partial charge is 0.0648 e. The molecule has 0 bridgehead atoms. The van der Waals surface area contributed by atoms with Gasteiger partial charge >= 0.3 is 0 Å². The van der Waals surface area contributed by atoms with Crippen LogP contribution in [0, 0.1) is 11.3 Å². The Labute approximate surface area is 59.7 Å². The minimum Gasteiger partial charge on any atom is -0.0648 e. The Morgan fingerprint density at radius 3 is 1.44 bits per heavy atom. The fourth-order valence-corrected chi connectivity index (χ4v) is 0.957. The molecule has 9 heavy (non-hydrogen) atoms. The van der Waals surface area contributed by atoms with E-state index in [-0.39, 0.29) is 0 Å². The molecule has 0 unspecified atom stereocenters. The van der Waals surface area contributed by atoms with Gasteiger partial charge in [0, 0.05) is 0 Å². The lowest BCUT2D eigenvalue weighted by Gasteiger charge is -2.30. The van der Waals surface area contributed by atoms with Crippen LogP contribution in [0.5, 0.6) is 0 Å². The highest BCUT2D eigenvalue weighted by Crippen LogP contribution is 2.35. The van der Waals surface area contributed by atoms with Gasteiger partial charge in [-0.25, -0.2) is 0 Å². The van der Waals surface area contributed by atoms with Gasteiger partial charge in [-0.15, -0.1) is 0 Å². The summed E-state index contributed by atoms with van der Waals surface area (Å²) in [5.74, 6) is 1.56. The standard InChI is InChI=1S/C9H19/c1-6-9(5,7-2)8(3)4/h6-7H2,1-5H3. The molecule has 0 saturated carbocycles. The van der Waals surface area contributed by atoms with Crippen LogP contribution in [0.25, 0.3) is 0 Å². The molecule has 0 aromatic heterocycles. The monoisotopic (exact) mass is 127 g/mol. The minimum atomic E-state index is 0.500. The molecule has 0 aromatic rings. The van der Waals surface area contributed by atoms with Crippen LogP contribution in [0.1, 0.15) is 47.5 Å². The lowest BCUT2D eigenvalue weighted by molar-refractivity contribution is 0.320. The highest BCUT2D eigenvalue weighted by molar-refractivity contribution is 4.95. The van der Waals surface area contributed by atoms with Gasteiger partial charge in [-0.3, -0.25) is 0 Å². The average molecular weight is 127 g/mol. The van der Waals surface area contributed by atoms with Crippen LogP contribution in [0.3, 0.4) is 0 Å². The number of rotatable bonds is 3. The van der Waals surface area contributed by atoms with Gasteiger partial charge in [0.25, 0.3) is 0 Å². The molecule has 0 rings (SSSR count). The molecule has 0 N–H and O–H groups in total. The van der Waals surface area contributed by atoms with Gasteiger partial charge in [-0.05, 0) is 11.3 Å². The molecule has 0 fully saturated rings. The van der Waals surface area contributed by atoms with E-state index in [4.69, 9.17) is 0 Å². The van der Waals surface area contributed by atoms with Gasteiger partial charge in [0.1, 0.15) is 0 Å². The Balaban J connectivity index is 3.92. The van der Waals surface area contributed by atoms with Crippen LogP contribution < -0.4 is 0 Å². The normalized spacial score (nSPS) is 12.7. The SMILES string of the molecule is CCC(C)(CC)[C](C)C. The molecule has 0 aromatic carbocycles. The minimum absolute atomic E-state index is 0.500. The van der Waals surface area contributed by atoms with Crippen molar-refractivity contribution < 1.29 is 0 Å². The summed E-state index contributed by atoms with van der Waals surface area (Å²) < 4.78 is 0. The Bertz CT molecular complexity index is 68.1. The van der Waals surface area contributed by atoms with E-state index in [1.54, 1.807) is 5.92 Å². The molecule has 0 heterocycles. The Kier molecular flexibility index (Phi) is 3.24. The number of hydrogen-bond donors (Lipinski definition) is 0. The summed E-state index contributed by atoms with van der Waals surface area (Å²) in [7, 11) is 0. The molecular weight excluding hydrogens is 108 g/mol. The second kappa shape index (κ2) is 3.24. The highest BCUT2D eigenvalue weighted by atomic mass is 14.3. The maximum absolute atomic E-state index is 2.34. The van der Waals surface area contributed by atoms with Crippen molar-refractivity contribution in [1.82, 2.24) is 0 Å². The van der Waals surface area contributed by atoms with Crippen LogP contribution >= 0.6 is 0 Å². The second-order valence-corrected chi connectivity index (χ2v) is 3.27. The van der Waals surface area contributed by atoms with Gasteiger partial charge in [0.2, 0.25) is 0 Å². The van der Waals surface area contributed by atoms with Crippen molar-refractivity contribution in [2.45, 2.75) is 47.5 Å². The maximum atomic E-state index is 2.34. The molecule has 1 radical (unpaired) electrons. The van der Waals surface area contributed by atoms with E-state index in [0.717, 1.165) is 0 Å². The van der Waals surface area contributed by atoms with Crippen molar-refractivity contribution in [3.8, 4) is 0 Å². The van der Waals surface area contributed by atoms with Gasteiger partial charge in [0.05, 0.1) is 0 Å². The number of hydrogen-bond acceptors (Lipinski definition) is 0. The molecule has 0 heteroatoms. The molecule has 0 aliphatic carbocycles. The van der Waals surface area contributed by atoms with Gasteiger partial charge in [-0.1, -0.05) is 47.5 Å². The van der Waals surface area contributed by atoms with E-state index in [2.05, 4.69) is 34.6 Å². The summed E-state index contributed by atoms with van der Waals surface area (Å²) in [6.07, 6.45) is 2.54. The zero-order chi connectivity index (χ0) is 7.49. The molecule has 0 nitrogen and oxygen atoms in total. The second-order valence-electron chi connectivity index (χ2n) is 3.27. The third-order valence-electron chi connectivity index (χ3n) is 2.77. The van der Waals surface area contributed by atoms with Gasteiger partial charge in [0.15, 0.2) is 0 Å². The van der Waals surface area contributed by atoms with Crippen LogP contribution in [0.4, 0.5) is 0 Å². The average Bonchev–Trinajstić information content (AvgIpc) is 1.86.